The van der Waals surface area contributed by atoms with Crippen LogP contribution in [0.3, 0.4) is 0 Å². The first-order chi connectivity index (χ1) is 0. The van der Waals surface area contributed by atoms with Crippen molar-refractivity contribution in [3.8, 4) is 0 Å². The SMILES string of the molecule is [Hf+4].[OH-].[OH-].[OH-].[OH-].[OH-].[OH-].[OH-].[OH-].[Ti+4]. The molecule has 8 N–H and O–H groups in total. The van der Waals surface area contributed by atoms with Crippen LogP contribution in [0.15, 0.2) is 0 Å². The molecule has 0 fully saturated rings. The standard InChI is InChI=1S/Hf.8H2O.Ti/h;8*1H2;/q+4;;;;;;;;;+4/p-8. The van der Waals surface area contributed by atoms with Crippen LogP contribution in [0, 0.1) is 0 Å². The summed E-state index contributed by atoms with van der Waals surface area (Å²) in [6, 6.07) is 0. The third-order valence-electron chi connectivity index (χ3n) is 0. The Morgan fingerprint density at radius 3 is 0.300 bits per heavy atom. The molecule has 0 aliphatic carbocycles. The van der Waals surface area contributed by atoms with E-state index in [2.05, 4.69) is 0 Å². The van der Waals surface area contributed by atoms with Crippen molar-refractivity contribution in [2.45, 2.75) is 0 Å². The average Bonchev–Trinajstić information content (AvgIpc) is 0. The number of rotatable bonds is 0. The van der Waals surface area contributed by atoms with E-state index in [0.717, 1.165) is 0 Å². The summed E-state index contributed by atoms with van der Waals surface area (Å²) in [5.41, 5.74) is 0. The van der Waals surface area contributed by atoms with Gasteiger partial charge in [-0.25, -0.2) is 0 Å². The van der Waals surface area contributed by atoms with Gasteiger partial charge in [0.05, 0.1) is 0 Å². The minimum Gasteiger partial charge on any atom is -0.870 e. The summed E-state index contributed by atoms with van der Waals surface area (Å²) in [6.45, 7) is 0. The Morgan fingerprint density at radius 2 is 0.300 bits per heavy atom. The first kappa shape index (κ1) is 742. The molecule has 0 aliphatic heterocycles. The summed E-state index contributed by atoms with van der Waals surface area (Å²) < 4.78 is 0. The Balaban J connectivity index is 0. The molecule has 0 aromatic rings. The molecule has 0 bridgehead atoms. The van der Waals surface area contributed by atoms with Gasteiger partial charge in [-0.05, 0) is 0 Å². The van der Waals surface area contributed by atoms with Gasteiger partial charge in [0.1, 0.15) is 0 Å². The molecule has 10 heavy (non-hydrogen) atoms. The van der Waals surface area contributed by atoms with Crippen LogP contribution in [0.5, 0.6) is 0 Å². The van der Waals surface area contributed by atoms with E-state index in [0.29, 0.717) is 0 Å². The van der Waals surface area contributed by atoms with Gasteiger partial charge < -0.3 is 43.8 Å². The Bertz CT molecular complexity index is 9.22. The van der Waals surface area contributed by atoms with E-state index in [4.69, 9.17) is 0 Å². The molecule has 0 radical (unpaired) electrons. The van der Waals surface area contributed by atoms with Crippen molar-refractivity contribution in [3.63, 3.8) is 0 Å². The molecule has 0 aliphatic rings. The Morgan fingerprint density at radius 1 is 0.300 bits per heavy atom. The van der Waals surface area contributed by atoms with Crippen molar-refractivity contribution in [2.75, 3.05) is 0 Å². The van der Waals surface area contributed by atoms with Crippen molar-refractivity contribution < 1.29 is 91.4 Å². The summed E-state index contributed by atoms with van der Waals surface area (Å²) in [5.74, 6) is 0. The van der Waals surface area contributed by atoms with E-state index in [1.807, 2.05) is 0 Å². The van der Waals surface area contributed by atoms with E-state index >= 15 is 0 Å². The maximum absolute atomic E-state index is 0. The van der Waals surface area contributed by atoms with Crippen molar-refractivity contribution >= 4 is 0 Å². The number of hydrogen-bond donors (Lipinski definition) is 0. The molecule has 0 aromatic carbocycles. The summed E-state index contributed by atoms with van der Waals surface area (Å²) in [7, 11) is 0. The largest absolute Gasteiger partial charge is 4.00 e. The predicted octanol–water partition coefficient (Wildman–Crippen LogP) is -1.42. The van der Waals surface area contributed by atoms with E-state index in [1.165, 1.54) is 0 Å². The zero-order chi connectivity index (χ0) is 0. The average molecular weight is 362 g/mol. The monoisotopic (exact) mass is 364 g/mol. The topological polar surface area (TPSA) is 240 Å². The minimum absolute atomic E-state index is 0. The number of hydrogen-bond acceptors (Lipinski definition) is 8. The van der Waals surface area contributed by atoms with Gasteiger partial charge in [0, 0.05) is 0 Å². The second-order valence-electron chi connectivity index (χ2n) is 0. The molecule has 0 saturated heterocycles. The fourth-order valence-electron chi connectivity index (χ4n) is 0. The molecule has 0 heterocycles. The molecule has 0 amide bonds. The summed E-state index contributed by atoms with van der Waals surface area (Å²) in [4.78, 5) is 0. The van der Waals surface area contributed by atoms with Crippen LogP contribution in [0.25, 0.3) is 0 Å². The zero-order valence-corrected chi connectivity index (χ0v) is 9.73. The zero-order valence-electron chi connectivity index (χ0n) is 4.58. The van der Waals surface area contributed by atoms with Crippen molar-refractivity contribution in [1.29, 1.82) is 0 Å². The van der Waals surface area contributed by atoms with Crippen molar-refractivity contribution in [3.05, 3.63) is 0 Å². The van der Waals surface area contributed by atoms with Crippen LogP contribution in [-0.4, -0.2) is 43.8 Å². The van der Waals surface area contributed by atoms with Crippen LogP contribution >= 0.6 is 0 Å². The molecule has 64 valence electrons. The summed E-state index contributed by atoms with van der Waals surface area (Å²) in [6.07, 6.45) is 0. The minimum atomic E-state index is 0. The van der Waals surface area contributed by atoms with Crippen LogP contribution < -0.4 is 0 Å². The third kappa shape index (κ3) is 396. The molecule has 10 heteroatoms. The van der Waals surface area contributed by atoms with E-state index < -0.39 is 0 Å². The van der Waals surface area contributed by atoms with Crippen LogP contribution in [0.1, 0.15) is 0 Å². The molecule has 8 nitrogen and oxygen atoms in total. The van der Waals surface area contributed by atoms with Gasteiger partial charge in [-0.3, -0.25) is 0 Å². The molecule has 0 atom stereocenters. The van der Waals surface area contributed by atoms with Crippen LogP contribution in [0.2, 0.25) is 0 Å². The van der Waals surface area contributed by atoms with E-state index in [-0.39, 0.29) is 91.4 Å². The van der Waals surface area contributed by atoms with Gasteiger partial charge in [-0.15, -0.1) is 0 Å². The first-order valence-corrected chi connectivity index (χ1v) is 0. The quantitative estimate of drug-likeness (QED) is 0.461. The van der Waals surface area contributed by atoms with Gasteiger partial charge in [-0.2, -0.15) is 0 Å². The second kappa shape index (κ2) is 551. The summed E-state index contributed by atoms with van der Waals surface area (Å²) in [5, 5.41) is 0. The van der Waals surface area contributed by atoms with Gasteiger partial charge in [-0.1, -0.05) is 0 Å². The normalized spacial score (nSPS) is 0. The van der Waals surface area contributed by atoms with Gasteiger partial charge >= 0.3 is 47.6 Å². The maximum Gasteiger partial charge on any atom is 4.00 e. The maximum atomic E-state index is 0. The van der Waals surface area contributed by atoms with E-state index in [9.17, 15) is 0 Å². The fourth-order valence-corrected chi connectivity index (χ4v) is 0. The molecular formula is H8HfO8Ti. The first-order valence-electron chi connectivity index (χ1n) is 0. The Labute approximate surface area is 91.1 Å². The Kier molecular flexibility index (Phi) is 40900. The third-order valence-corrected chi connectivity index (χ3v) is 0. The molecule has 0 rings (SSSR count). The van der Waals surface area contributed by atoms with Gasteiger partial charge in [0.15, 0.2) is 0 Å². The molecule has 0 saturated carbocycles. The molecular weight excluding hydrogens is 354 g/mol. The van der Waals surface area contributed by atoms with E-state index in [1.54, 1.807) is 0 Å². The van der Waals surface area contributed by atoms with Crippen molar-refractivity contribution in [1.82, 2.24) is 0 Å². The predicted molar refractivity (Wildman–Crippen MR) is 15.5 cm³/mol. The van der Waals surface area contributed by atoms with Gasteiger partial charge in [0.25, 0.3) is 0 Å². The summed E-state index contributed by atoms with van der Waals surface area (Å²) >= 11 is 0. The van der Waals surface area contributed by atoms with Crippen molar-refractivity contribution in [2.24, 2.45) is 0 Å². The van der Waals surface area contributed by atoms with Gasteiger partial charge in [0.2, 0.25) is 0 Å². The molecule has 0 spiro atoms. The van der Waals surface area contributed by atoms with Crippen LogP contribution in [-0.2, 0) is 47.6 Å². The molecule has 0 aromatic heterocycles. The Hall–Kier alpha value is 1.26. The second-order valence-corrected chi connectivity index (χ2v) is 0. The molecule has 0 unspecified atom stereocenters. The fraction of sp³-hybridized carbons (Fsp3) is 0. The smallest absolute Gasteiger partial charge is 0.870 e. The van der Waals surface area contributed by atoms with Crippen LogP contribution in [0.4, 0.5) is 0 Å².